The molecule has 2 fully saturated rings. The maximum Gasteiger partial charge on any atom is 0.171 e. The van der Waals surface area contributed by atoms with Crippen LogP contribution in [0.25, 0.3) is 65.0 Å². The zero-order valence-electron chi connectivity index (χ0n) is 63.7. The molecule has 2 aliphatic rings. The average molecular weight is 1460 g/mol. The molecule has 2 saturated heterocycles. The number of furan rings is 1. The summed E-state index contributed by atoms with van der Waals surface area (Å²) in [6.45, 7) is 35.5. The van der Waals surface area contributed by atoms with Crippen LogP contribution in [-0.4, -0.2) is 32.2 Å². The van der Waals surface area contributed by atoms with Crippen LogP contribution >= 0.6 is 0 Å². The van der Waals surface area contributed by atoms with Gasteiger partial charge < -0.3 is 18.6 Å². The Hall–Kier alpha value is -9.41. The van der Waals surface area contributed by atoms with Gasteiger partial charge in [-0.05, 0) is 232 Å². The smallest absolute Gasteiger partial charge is 0.171 e. The van der Waals surface area contributed by atoms with E-state index in [9.17, 15) is 48.3 Å². The lowest BCUT2D eigenvalue weighted by molar-refractivity contribution is -0.187. The highest BCUT2D eigenvalue weighted by Gasteiger charge is 2.19. The van der Waals surface area contributed by atoms with Crippen LogP contribution in [-0.2, 0) is 14.2 Å². The summed E-state index contributed by atoms with van der Waals surface area (Å²) in [4.78, 5) is 0. The summed E-state index contributed by atoms with van der Waals surface area (Å²) in [6, 6.07) is 48.0. The maximum atomic E-state index is 13.9. The highest BCUT2D eigenvalue weighted by atomic mass is 19.2. The van der Waals surface area contributed by atoms with E-state index in [1.807, 2.05) is 70.2 Å². The van der Waals surface area contributed by atoms with Gasteiger partial charge in [-0.15, -0.1) is 0 Å². The van der Waals surface area contributed by atoms with Gasteiger partial charge in [0.05, 0.1) is 24.7 Å². The summed E-state index contributed by atoms with van der Waals surface area (Å²) < 4.78 is 167. The molecule has 3 heterocycles. The van der Waals surface area contributed by atoms with Crippen molar-refractivity contribution in [2.75, 3.05) is 19.8 Å². The van der Waals surface area contributed by atoms with Crippen molar-refractivity contribution in [2.45, 2.75) is 150 Å². The molecule has 0 saturated carbocycles. The normalized spacial score (nSPS) is 15.1. The Labute approximate surface area is 616 Å². The third-order valence-corrected chi connectivity index (χ3v) is 18.1. The number of fused-ring (bicyclic) bond motifs is 7. The van der Waals surface area contributed by atoms with Crippen molar-refractivity contribution in [3.8, 4) is 0 Å². The van der Waals surface area contributed by atoms with Crippen molar-refractivity contribution in [3.05, 3.63) is 306 Å². The van der Waals surface area contributed by atoms with Gasteiger partial charge in [0.25, 0.3) is 0 Å². The molecular weight excluding hydrogens is 1370 g/mol. The number of aryl methyl sites for hydroxylation is 11. The van der Waals surface area contributed by atoms with Gasteiger partial charge in [-0.25, -0.2) is 48.3 Å². The molecule has 13 aromatic rings. The largest absolute Gasteiger partial charge is 0.450 e. The highest BCUT2D eigenvalue weighted by molar-refractivity contribution is 6.05. The fraction of sp³-hybridized carbons (Fsp3) is 0.297. The fourth-order valence-electron chi connectivity index (χ4n) is 11.4. The minimum Gasteiger partial charge on any atom is -0.450 e. The van der Waals surface area contributed by atoms with Gasteiger partial charge in [-0.1, -0.05) is 163 Å². The van der Waals surface area contributed by atoms with Crippen molar-refractivity contribution in [1.29, 1.82) is 0 Å². The molecule has 0 amide bonds. The molecule has 2 unspecified atom stereocenters. The van der Waals surface area contributed by atoms with Crippen molar-refractivity contribution in [2.24, 2.45) is 11.8 Å². The summed E-state index contributed by atoms with van der Waals surface area (Å²) in [5.74, 6) is -3.69. The lowest BCUT2D eigenvalue weighted by Crippen LogP contribution is -2.27. The summed E-state index contributed by atoms with van der Waals surface area (Å²) in [5.41, 5.74) is 9.72. The fourth-order valence-corrected chi connectivity index (χ4v) is 11.4. The van der Waals surface area contributed by atoms with E-state index in [1.54, 1.807) is 90.1 Å². The third-order valence-electron chi connectivity index (χ3n) is 18.1. The van der Waals surface area contributed by atoms with Crippen molar-refractivity contribution < 1.29 is 66.9 Å². The van der Waals surface area contributed by atoms with Crippen molar-refractivity contribution >= 4 is 65.0 Å². The molecule has 2 atom stereocenters. The monoisotopic (exact) mass is 1460 g/mol. The van der Waals surface area contributed by atoms with E-state index < -0.39 is 52.4 Å². The summed E-state index contributed by atoms with van der Waals surface area (Å²) in [5, 5.41) is 6.80. The SMILES string of the molecule is CC1CCC(C)OC1.CC1COC(C)OC1.Cc1cc(F)c(C)c(F)c1.Cc1cc(F)c2c(F)c(C)c(F)cc2c1.Cc1ccc(C)c(F)c1.Cc1ccc2c(F)c(C)c(F)cc2c1.Cc1ccc2c(F)c(C)ccc2c1.Cc1ccc2c(oc3c(F)c(C)ccc32)c1F.Cc1ccc2cc(C)ccc2c1. The van der Waals surface area contributed by atoms with Gasteiger partial charge in [0.1, 0.15) is 52.4 Å². The van der Waals surface area contributed by atoms with E-state index in [0.29, 0.717) is 72.3 Å². The van der Waals surface area contributed by atoms with Crippen LogP contribution in [0.4, 0.5) is 48.3 Å². The third kappa shape index (κ3) is 22.8. The molecule has 1 aromatic heterocycles. The first-order valence-corrected chi connectivity index (χ1v) is 35.3. The number of halogens is 11. The van der Waals surface area contributed by atoms with E-state index in [2.05, 4.69) is 71.0 Å². The lowest BCUT2D eigenvalue weighted by Gasteiger charge is -2.24. The number of ether oxygens (including phenoxy) is 3. The molecule has 0 radical (unpaired) electrons. The van der Waals surface area contributed by atoms with E-state index in [4.69, 9.17) is 18.6 Å². The molecule has 15 rings (SSSR count). The van der Waals surface area contributed by atoms with Crippen LogP contribution in [0.5, 0.6) is 0 Å². The van der Waals surface area contributed by atoms with Gasteiger partial charge in [0.15, 0.2) is 29.1 Å². The molecule has 0 spiro atoms. The van der Waals surface area contributed by atoms with Crippen LogP contribution < -0.4 is 0 Å². The van der Waals surface area contributed by atoms with Crippen LogP contribution in [0.3, 0.4) is 0 Å². The Morgan fingerprint density at radius 3 is 1.10 bits per heavy atom. The van der Waals surface area contributed by atoms with E-state index in [-0.39, 0.29) is 56.6 Å². The first-order valence-electron chi connectivity index (χ1n) is 35.3. The Morgan fingerprint density at radius 1 is 0.264 bits per heavy atom. The lowest BCUT2D eigenvalue weighted by atomic mass is 10.0. The predicted octanol–water partition coefficient (Wildman–Crippen LogP) is 27.0. The molecule has 106 heavy (non-hydrogen) atoms. The second-order valence-corrected chi connectivity index (χ2v) is 28.0. The Balaban J connectivity index is 0.000000168. The van der Waals surface area contributed by atoms with Gasteiger partial charge >= 0.3 is 0 Å². The zero-order valence-corrected chi connectivity index (χ0v) is 63.7. The minimum atomic E-state index is -0.817. The highest BCUT2D eigenvalue weighted by Crippen LogP contribution is 2.35. The van der Waals surface area contributed by atoms with Gasteiger partial charge in [0, 0.05) is 50.8 Å². The number of rotatable bonds is 0. The molecule has 2 aliphatic heterocycles. The van der Waals surface area contributed by atoms with E-state index in [0.717, 1.165) is 53.9 Å². The Morgan fingerprint density at radius 2 is 0.623 bits per heavy atom. The summed E-state index contributed by atoms with van der Waals surface area (Å²) in [7, 11) is 0. The topological polar surface area (TPSA) is 40.8 Å². The molecule has 560 valence electrons. The Bertz CT molecular complexity index is 5010. The molecule has 0 bridgehead atoms. The van der Waals surface area contributed by atoms with Gasteiger partial charge in [0.2, 0.25) is 0 Å². The number of benzene rings is 12. The average Bonchev–Trinajstić information content (AvgIpc) is 1.61. The molecule has 12 aromatic carbocycles. The van der Waals surface area contributed by atoms with Crippen LogP contribution in [0.2, 0.25) is 0 Å². The maximum absolute atomic E-state index is 13.9. The van der Waals surface area contributed by atoms with Crippen LogP contribution in [0.15, 0.2) is 168 Å². The number of hydrogen-bond donors (Lipinski definition) is 0. The van der Waals surface area contributed by atoms with E-state index >= 15 is 0 Å². The first kappa shape index (κ1) is 83.9. The van der Waals surface area contributed by atoms with Crippen molar-refractivity contribution in [1.82, 2.24) is 0 Å². The minimum absolute atomic E-state index is 0.0196. The predicted molar refractivity (Wildman–Crippen MR) is 413 cm³/mol. The quantitative estimate of drug-likeness (QED) is 0.142. The second-order valence-electron chi connectivity index (χ2n) is 28.0. The van der Waals surface area contributed by atoms with Crippen LogP contribution in [0, 0.1) is 173 Å². The molecular formula is C91H95F11O4. The zero-order chi connectivity index (χ0) is 78.1. The van der Waals surface area contributed by atoms with E-state index in [1.165, 1.54) is 85.8 Å². The standard InChI is InChI=1S/C14H10F2O.C12H9F3.C12H10F2.C12H11F.C12H12.C8H8F2.C8H9F.C7H14O.C6H12O2/c1-7-3-5-9-10-6-4-8(2)12(16)14(10)17-13(9)11(7)15;1-6-3-8-5-9(13)7(2)12(15)11(8)10(14)4-6;1-7-3-4-10-9(5-7)6-11(13)8(2)12(10)14;1-8-3-6-11-10(7-8)5-4-9(2)12(11)13;1-9-3-5-12-8-10(2)4-6-11(12)7-9;1-5-3-7(9)6(2)8(10)4-5;1-6-3-4-7(2)8(9)5-6;1-6-3-4-7(2)8-5-6;1-5-3-7-6(2)8-4-5/h3-6H,1-2H3;3-5H,1-2H3;3-6H,1-2H3;3-7H,1-2H3;3-8H,1-2H3;3-4H,1-2H3;3-5H,1-2H3;6-7H,3-5H2,1-2H3;5-6H,3-4H2,1-2H3. The molecule has 15 heteroatoms. The van der Waals surface area contributed by atoms with Crippen LogP contribution in [0.1, 0.15) is 118 Å². The van der Waals surface area contributed by atoms with Gasteiger partial charge in [-0.2, -0.15) is 0 Å². The molecule has 0 N–H and O–H groups in total. The first-order chi connectivity index (χ1) is 50.0. The Kier molecular flexibility index (Phi) is 30.2. The van der Waals surface area contributed by atoms with Gasteiger partial charge in [-0.3, -0.25) is 0 Å². The van der Waals surface area contributed by atoms with Crippen molar-refractivity contribution in [3.63, 3.8) is 0 Å². The number of hydrogen-bond acceptors (Lipinski definition) is 4. The summed E-state index contributed by atoms with van der Waals surface area (Å²) >= 11 is 0. The molecule has 4 nitrogen and oxygen atoms in total. The molecule has 0 aliphatic carbocycles. The summed E-state index contributed by atoms with van der Waals surface area (Å²) in [6.07, 6.45) is 3.14. The second kappa shape index (κ2) is 38.2.